The lowest BCUT2D eigenvalue weighted by Crippen LogP contribution is -2.19. The van der Waals surface area contributed by atoms with Crippen molar-refractivity contribution >= 4 is 11.6 Å². The van der Waals surface area contributed by atoms with Crippen molar-refractivity contribution in [3.8, 4) is 5.88 Å². The Morgan fingerprint density at radius 2 is 2.12 bits per heavy atom. The maximum Gasteiger partial charge on any atom is 0.221 e. The fraction of sp³-hybridized carbons (Fsp3) is 0.667. The highest BCUT2D eigenvalue weighted by atomic mass is 35.5. The normalized spacial score (nSPS) is 16.9. The standard InChI is InChI=1S/C12H17ClN2O2/c1-7(6-16-3)17-12-8(2)10(13)14-11(15-12)9-4-5-9/h7,9H,4-6H2,1-3H3. The SMILES string of the molecule is COCC(C)Oc1nc(C2CC2)nc(Cl)c1C. The zero-order valence-corrected chi connectivity index (χ0v) is 11.1. The molecule has 0 radical (unpaired) electrons. The summed E-state index contributed by atoms with van der Waals surface area (Å²) in [5, 5.41) is 0.488. The molecule has 0 amide bonds. The topological polar surface area (TPSA) is 44.2 Å². The molecule has 1 fully saturated rings. The van der Waals surface area contributed by atoms with Gasteiger partial charge >= 0.3 is 0 Å². The molecule has 1 aliphatic rings. The van der Waals surface area contributed by atoms with E-state index in [9.17, 15) is 0 Å². The Labute approximate surface area is 106 Å². The second-order valence-corrected chi connectivity index (χ2v) is 4.82. The summed E-state index contributed by atoms with van der Waals surface area (Å²) in [6.07, 6.45) is 2.25. The summed E-state index contributed by atoms with van der Waals surface area (Å²) in [5.41, 5.74) is 0.791. The Bertz CT molecular complexity index is 408. The first kappa shape index (κ1) is 12.6. The number of nitrogens with zero attached hydrogens (tertiary/aromatic N) is 2. The Morgan fingerprint density at radius 3 is 2.71 bits per heavy atom. The average Bonchev–Trinajstić information content (AvgIpc) is 3.08. The van der Waals surface area contributed by atoms with Crippen molar-refractivity contribution in [3.05, 3.63) is 16.5 Å². The summed E-state index contributed by atoms with van der Waals surface area (Å²) >= 11 is 6.09. The van der Waals surface area contributed by atoms with Crippen LogP contribution in [0.3, 0.4) is 0 Å². The fourth-order valence-electron chi connectivity index (χ4n) is 1.58. The molecule has 0 bridgehead atoms. The molecule has 0 aliphatic heterocycles. The highest BCUT2D eigenvalue weighted by Crippen LogP contribution is 2.39. The lowest BCUT2D eigenvalue weighted by Gasteiger charge is -2.15. The molecule has 0 N–H and O–H groups in total. The zero-order valence-electron chi connectivity index (χ0n) is 10.4. The van der Waals surface area contributed by atoms with Crippen LogP contribution in [0.4, 0.5) is 0 Å². The van der Waals surface area contributed by atoms with Crippen LogP contribution < -0.4 is 4.74 Å². The van der Waals surface area contributed by atoms with Crippen LogP contribution in [0.15, 0.2) is 0 Å². The van der Waals surface area contributed by atoms with Crippen molar-refractivity contribution in [1.82, 2.24) is 9.97 Å². The molecular weight excluding hydrogens is 240 g/mol. The number of methoxy groups -OCH3 is 1. The van der Waals surface area contributed by atoms with Crippen LogP contribution in [0.25, 0.3) is 0 Å². The summed E-state index contributed by atoms with van der Waals surface area (Å²) in [4.78, 5) is 8.74. The van der Waals surface area contributed by atoms with Crippen LogP contribution in [-0.2, 0) is 4.74 Å². The van der Waals surface area contributed by atoms with Gasteiger partial charge in [0.25, 0.3) is 0 Å². The number of aromatic nitrogens is 2. The maximum atomic E-state index is 6.09. The highest BCUT2D eigenvalue weighted by molar-refractivity contribution is 6.30. The van der Waals surface area contributed by atoms with Crippen molar-refractivity contribution in [2.45, 2.75) is 38.7 Å². The van der Waals surface area contributed by atoms with Crippen molar-refractivity contribution in [3.63, 3.8) is 0 Å². The minimum atomic E-state index is -0.0447. The molecule has 4 nitrogen and oxygen atoms in total. The van der Waals surface area contributed by atoms with E-state index in [2.05, 4.69) is 9.97 Å². The third-order valence-corrected chi connectivity index (χ3v) is 3.08. The number of hydrogen-bond acceptors (Lipinski definition) is 4. The number of ether oxygens (including phenoxy) is 2. The molecule has 1 atom stereocenters. The van der Waals surface area contributed by atoms with Crippen LogP contribution in [-0.4, -0.2) is 29.8 Å². The molecule has 2 rings (SSSR count). The van der Waals surface area contributed by atoms with Gasteiger partial charge in [-0.2, -0.15) is 4.98 Å². The van der Waals surface area contributed by atoms with Gasteiger partial charge in [-0.1, -0.05) is 11.6 Å². The Hall–Kier alpha value is -0.870. The maximum absolute atomic E-state index is 6.09. The lowest BCUT2D eigenvalue weighted by molar-refractivity contribution is 0.0881. The molecule has 1 heterocycles. The second-order valence-electron chi connectivity index (χ2n) is 4.46. The third-order valence-electron chi connectivity index (χ3n) is 2.72. The summed E-state index contributed by atoms with van der Waals surface area (Å²) in [6.45, 7) is 4.34. The van der Waals surface area contributed by atoms with E-state index in [1.54, 1.807) is 7.11 Å². The van der Waals surface area contributed by atoms with E-state index in [1.807, 2.05) is 13.8 Å². The summed E-state index contributed by atoms with van der Waals surface area (Å²) in [7, 11) is 1.65. The minimum absolute atomic E-state index is 0.0447. The van der Waals surface area contributed by atoms with E-state index in [4.69, 9.17) is 21.1 Å². The Morgan fingerprint density at radius 1 is 1.41 bits per heavy atom. The van der Waals surface area contributed by atoms with E-state index < -0.39 is 0 Å². The summed E-state index contributed by atoms with van der Waals surface area (Å²) < 4.78 is 10.8. The summed E-state index contributed by atoms with van der Waals surface area (Å²) in [5.74, 6) is 1.85. The predicted octanol–water partition coefficient (Wildman–Crippen LogP) is 2.73. The first-order valence-corrected chi connectivity index (χ1v) is 6.19. The molecule has 1 aliphatic carbocycles. The quantitative estimate of drug-likeness (QED) is 0.760. The van der Waals surface area contributed by atoms with E-state index in [0.29, 0.717) is 23.6 Å². The fourth-order valence-corrected chi connectivity index (χ4v) is 1.75. The number of rotatable bonds is 5. The van der Waals surface area contributed by atoms with Gasteiger partial charge in [-0.15, -0.1) is 0 Å². The van der Waals surface area contributed by atoms with Gasteiger partial charge in [0.2, 0.25) is 5.88 Å². The predicted molar refractivity (Wildman–Crippen MR) is 65.7 cm³/mol. The molecule has 1 saturated carbocycles. The lowest BCUT2D eigenvalue weighted by atomic mass is 10.3. The molecule has 0 saturated heterocycles. The van der Waals surface area contributed by atoms with Crippen LogP contribution in [0.2, 0.25) is 5.15 Å². The highest BCUT2D eigenvalue weighted by Gasteiger charge is 2.28. The Balaban J connectivity index is 2.19. The van der Waals surface area contributed by atoms with Crippen molar-refractivity contribution in [1.29, 1.82) is 0 Å². The third kappa shape index (κ3) is 3.07. The molecule has 0 spiro atoms. The molecule has 0 aromatic carbocycles. The van der Waals surface area contributed by atoms with Crippen LogP contribution >= 0.6 is 11.6 Å². The zero-order chi connectivity index (χ0) is 12.4. The van der Waals surface area contributed by atoms with Gasteiger partial charge in [-0.3, -0.25) is 0 Å². The molecule has 1 aromatic rings. The molecule has 1 unspecified atom stereocenters. The largest absolute Gasteiger partial charge is 0.472 e. The van der Waals surface area contributed by atoms with Gasteiger partial charge in [0.05, 0.1) is 6.61 Å². The number of hydrogen-bond donors (Lipinski definition) is 0. The first-order chi connectivity index (χ1) is 8.11. The molecule has 17 heavy (non-hydrogen) atoms. The average molecular weight is 257 g/mol. The second kappa shape index (κ2) is 5.19. The first-order valence-electron chi connectivity index (χ1n) is 5.81. The monoisotopic (exact) mass is 256 g/mol. The van der Waals surface area contributed by atoms with E-state index >= 15 is 0 Å². The molecule has 5 heteroatoms. The van der Waals surface area contributed by atoms with Crippen molar-refractivity contribution < 1.29 is 9.47 Å². The van der Waals surface area contributed by atoms with Gasteiger partial charge in [-0.05, 0) is 26.7 Å². The summed E-state index contributed by atoms with van der Waals surface area (Å²) in [6, 6.07) is 0. The van der Waals surface area contributed by atoms with E-state index in [1.165, 1.54) is 0 Å². The molecule has 1 aromatic heterocycles. The van der Waals surface area contributed by atoms with Gasteiger partial charge in [-0.25, -0.2) is 4.98 Å². The van der Waals surface area contributed by atoms with Crippen molar-refractivity contribution in [2.24, 2.45) is 0 Å². The smallest absolute Gasteiger partial charge is 0.221 e. The van der Waals surface area contributed by atoms with E-state index in [0.717, 1.165) is 24.2 Å². The van der Waals surface area contributed by atoms with Crippen molar-refractivity contribution in [2.75, 3.05) is 13.7 Å². The number of halogens is 1. The minimum Gasteiger partial charge on any atom is -0.472 e. The van der Waals surface area contributed by atoms with E-state index in [-0.39, 0.29) is 6.10 Å². The van der Waals surface area contributed by atoms with Gasteiger partial charge in [0, 0.05) is 18.6 Å². The van der Waals surface area contributed by atoms with Gasteiger partial charge in [0.15, 0.2) is 0 Å². The van der Waals surface area contributed by atoms with Crippen LogP contribution in [0, 0.1) is 6.92 Å². The van der Waals surface area contributed by atoms with Crippen LogP contribution in [0.5, 0.6) is 5.88 Å². The van der Waals surface area contributed by atoms with Crippen LogP contribution in [0.1, 0.15) is 37.1 Å². The van der Waals surface area contributed by atoms with Gasteiger partial charge in [0.1, 0.15) is 17.1 Å². The molecule has 94 valence electrons. The van der Waals surface area contributed by atoms with Gasteiger partial charge < -0.3 is 9.47 Å². The molecular formula is C12H17ClN2O2. The Kier molecular flexibility index (Phi) is 3.84.